The molecule has 4 rings (SSSR count). The molecule has 8 heteroatoms. The minimum Gasteiger partial charge on any atom is -0.508 e. The summed E-state index contributed by atoms with van der Waals surface area (Å²) in [7, 11) is 0. The van der Waals surface area contributed by atoms with E-state index in [-0.39, 0.29) is 34.1 Å². The van der Waals surface area contributed by atoms with Gasteiger partial charge < -0.3 is 25.5 Å². The maximum Gasteiger partial charge on any atom is 0.202 e. The fourth-order valence-corrected chi connectivity index (χ4v) is 4.16. The first kappa shape index (κ1) is 21.1. The highest BCUT2D eigenvalue weighted by Crippen LogP contribution is 2.39. The zero-order valence-corrected chi connectivity index (χ0v) is 17.8. The number of aromatic nitrogens is 1. The second kappa shape index (κ2) is 8.15. The average molecular weight is 444 g/mol. The highest BCUT2D eigenvalue weighted by atomic mass is 35.5. The molecule has 0 radical (unpaired) electrons. The molecule has 0 saturated carbocycles. The first-order valence-corrected chi connectivity index (χ1v) is 10.4. The zero-order chi connectivity index (χ0) is 22.3. The van der Waals surface area contributed by atoms with E-state index in [1.54, 1.807) is 30.5 Å². The van der Waals surface area contributed by atoms with E-state index >= 15 is 4.39 Å². The number of benzene rings is 2. The van der Waals surface area contributed by atoms with Gasteiger partial charge in [0.05, 0.1) is 27.8 Å². The van der Waals surface area contributed by atoms with Crippen LogP contribution in [0, 0.1) is 5.82 Å². The molecule has 0 bridgehead atoms. The number of pyridine rings is 1. The van der Waals surface area contributed by atoms with Crippen molar-refractivity contribution in [2.45, 2.75) is 25.8 Å². The van der Waals surface area contributed by atoms with Gasteiger partial charge in [0.15, 0.2) is 5.82 Å². The van der Waals surface area contributed by atoms with E-state index < -0.39 is 11.2 Å². The summed E-state index contributed by atoms with van der Waals surface area (Å²) in [6.45, 7) is 6.09. The summed E-state index contributed by atoms with van der Waals surface area (Å²) in [4.78, 5) is 12.9. The molecule has 162 valence electrons. The Kier molecular flexibility index (Phi) is 5.54. The van der Waals surface area contributed by atoms with Gasteiger partial charge in [0.2, 0.25) is 5.43 Å². The molecular weight excluding hydrogens is 421 g/mol. The van der Waals surface area contributed by atoms with Crippen LogP contribution >= 0.6 is 11.6 Å². The number of nitrogens with zero attached hydrogens (tertiary/aromatic N) is 1. The van der Waals surface area contributed by atoms with Gasteiger partial charge in [-0.05, 0) is 44.0 Å². The van der Waals surface area contributed by atoms with Crippen molar-refractivity contribution in [2.75, 3.05) is 24.2 Å². The van der Waals surface area contributed by atoms with Gasteiger partial charge in [-0.1, -0.05) is 18.2 Å². The molecular formula is C23H23ClFN3O3. The smallest absolute Gasteiger partial charge is 0.202 e. The van der Waals surface area contributed by atoms with Crippen LogP contribution in [-0.2, 0) is 6.42 Å². The van der Waals surface area contributed by atoms with Crippen molar-refractivity contribution in [1.82, 2.24) is 4.57 Å². The molecule has 1 aliphatic rings. The summed E-state index contributed by atoms with van der Waals surface area (Å²) < 4.78 is 22.8. The van der Waals surface area contributed by atoms with Crippen molar-refractivity contribution in [3.8, 4) is 5.75 Å². The number of nitrogens with one attached hydrogen (secondary N) is 1. The van der Waals surface area contributed by atoms with Crippen molar-refractivity contribution < 1.29 is 14.2 Å². The number of aryl methyl sites for hydroxylation is 1. The Balaban J connectivity index is 1.71. The molecule has 1 aromatic heterocycles. The van der Waals surface area contributed by atoms with Crippen LogP contribution in [0.4, 0.5) is 15.8 Å². The van der Waals surface area contributed by atoms with Gasteiger partial charge >= 0.3 is 0 Å². The van der Waals surface area contributed by atoms with Crippen LogP contribution in [0.3, 0.4) is 0 Å². The third-order valence-electron chi connectivity index (χ3n) is 5.63. The highest BCUT2D eigenvalue weighted by Gasteiger charge is 2.28. The molecule has 0 fully saturated rings. The van der Waals surface area contributed by atoms with Crippen LogP contribution in [0.1, 0.15) is 30.5 Å². The molecule has 1 aliphatic heterocycles. The number of aliphatic hydroxyl groups is 1. The highest BCUT2D eigenvalue weighted by molar-refractivity contribution is 6.30. The molecule has 0 aliphatic carbocycles. The Morgan fingerprint density at radius 2 is 2.13 bits per heavy atom. The van der Waals surface area contributed by atoms with E-state index in [0.29, 0.717) is 41.4 Å². The molecule has 0 spiro atoms. The largest absolute Gasteiger partial charge is 0.508 e. The standard InChI is InChI=1S/C23H23ClFN3O3/c1-12-3-8-16-21(27-9-10-31-15-6-4-14(24)5-7-15)19(25)20(26)18-22(16)28(12)11-17(13(2)29)23(18)30/h4-7,11-12,27,29H,2-3,8-10,26H2,1H3. The molecule has 3 aromatic rings. The zero-order valence-electron chi connectivity index (χ0n) is 17.0. The SMILES string of the molecule is C=C(O)c1cn2c3c(c(NCCOc4ccc(Cl)cc4)c(F)c(N)c3c1=O)CCC2C. The average Bonchev–Trinajstić information content (AvgIpc) is 2.74. The monoisotopic (exact) mass is 443 g/mol. The summed E-state index contributed by atoms with van der Waals surface area (Å²) in [6, 6.07) is 7.03. The number of ether oxygens (including phenoxy) is 1. The molecule has 6 nitrogen and oxygen atoms in total. The maximum absolute atomic E-state index is 15.3. The lowest BCUT2D eigenvalue weighted by atomic mass is 9.93. The Morgan fingerprint density at radius 3 is 2.81 bits per heavy atom. The quantitative estimate of drug-likeness (QED) is 0.286. The van der Waals surface area contributed by atoms with Gasteiger partial charge in [-0.15, -0.1) is 0 Å². The lowest BCUT2D eigenvalue weighted by molar-refractivity contribution is 0.332. The molecule has 2 aromatic carbocycles. The van der Waals surface area contributed by atoms with E-state index in [1.807, 2.05) is 11.5 Å². The first-order chi connectivity index (χ1) is 14.8. The Bertz CT molecular complexity index is 1240. The summed E-state index contributed by atoms with van der Waals surface area (Å²) in [5.41, 5.74) is 6.90. The van der Waals surface area contributed by atoms with Crippen LogP contribution < -0.4 is 21.2 Å². The van der Waals surface area contributed by atoms with Crippen molar-refractivity contribution in [3.63, 3.8) is 0 Å². The Hall–Kier alpha value is -3.19. The van der Waals surface area contributed by atoms with Gasteiger partial charge in [0.25, 0.3) is 0 Å². The topological polar surface area (TPSA) is 89.5 Å². The van der Waals surface area contributed by atoms with Gasteiger partial charge in [-0.3, -0.25) is 4.79 Å². The van der Waals surface area contributed by atoms with E-state index in [1.165, 1.54) is 0 Å². The minimum absolute atomic E-state index is 0.0235. The first-order valence-electron chi connectivity index (χ1n) is 9.98. The number of nitrogens with two attached hydrogens (primary N) is 1. The summed E-state index contributed by atoms with van der Waals surface area (Å²) in [5.74, 6) is -0.380. The number of anilines is 2. The maximum atomic E-state index is 15.3. The number of rotatable bonds is 6. The normalized spacial score (nSPS) is 15.1. The molecule has 2 heterocycles. The molecule has 0 amide bonds. The van der Waals surface area contributed by atoms with Crippen molar-refractivity contribution in [2.24, 2.45) is 0 Å². The minimum atomic E-state index is -0.673. The second-order valence-corrected chi connectivity index (χ2v) is 8.08. The van der Waals surface area contributed by atoms with Crippen molar-refractivity contribution in [1.29, 1.82) is 0 Å². The number of nitrogen functional groups attached to an aromatic ring is 1. The van der Waals surface area contributed by atoms with Gasteiger partial charge in [-0.25, -0.2) is 4.39 Å². The molecule has 4 N–H and O–H groups in total. The number of aliphatic hydroxyl groups excluding tert-OH is 1. The summed E-state index contributed by atoms with van der Waals surface area (Å²) in [5, 5.41) is 13.6. The van der Waals surface area contributed by atoms with Gasteiger partial charge in [0.1, 0.15) is 18.1 Å². The van der Waals surface area contributed by atoms with E-state index in [9.17, 15) is 9.90 Å². The van der Waals surface area contributed by atoms with E-state index in [0.717, 1.165) is 6.42 Å². The molecule has 1 unspecified atom stereocenters. The molecule has 1 atom stereocenters. The van der Waals surface area contributed by atoms with E-state index in [2.05, 4.69) is 11.9 Å². The van der Waals surface area contributed by atoms with Crippen molar-refractivity contribution >= 4 is 39.6 Å². The number of hydrogen-bond donors (Lipinski definition) is 3. The summed E-state index contributed by atoms with van der Waals surface area (Å²) >= 11 is 5.87. The lowest BCUT2D eigenvalue weighted by Crippen LogP contribution is -2.25. The fourth-order valence-electron chi connectivity index (χ4n) is 4.03. The molecule has 31 heavy (non-hydrogen) atoms. The number of hydrogen-bond acceptors (Lipinski definition) is 5. The van der Waals surface area contributed by atoms with Gasteiger partial charge in [-0.2, -0.15) is 0 Å². The molecule has 0 saturated heterocycles. The Labute approximate surface area is 183 Å². The van der Waals surface area contributed by atoms with E-state index in [4.69, 9.17) is 22.1 Å². The number of halogens is 2. The van der Waals surface area contributed by atoms with Crippen LogP contribution in [-0.4, -0.2) is 22.8 Å². The fraction of sp³-hybridized carbons (Fsp3) is 0.261. The Morgan fingerprint density at radius 1 is 1.42 bits per heavy atom. The summed E-state index contributed by atoms with van der Waals surface area (Å²) in [6.07, 6.45) is 2.92. The van der Waals surface area contributed by atoms with Crippen LogP contribution in [0.2, 0.25) is 5.02 Å². The predicted molar refractivity (Wildman–Crippen MR) is 123 cm³/mol. The third-order valence-corrected chi connectivity index (χ3v) is 5.88. The van der Waals surface area contributed by atoms with Crippen LogP contribution in [0.15, 0.2) is 41.8 Å². The lowest BCUT2D eigenvalue weighted by Gasteiger charge is -2.29. The second-order valence-electron chi connectivity index (χ2n) is 7.65. The predicted octanol–water partition coefficient (Wildman–Crippen LogP) is 4.90. The van der Waals surface area contributed by atoms with Crippen molar-refractivity contribution in [3.05, 3.63) is 69.2 Å². The third kappa shape index (κ3) is 3.70. The van der Waals surface area contributed by atoms with Gasteiger partial charge in [0, 0.05) is 29.4 Å². The van der Waals surface area contributed by atoms with Crippen LogP contribution in [0.5, 0.6) is 5.75 Å². The van der Waals surface area contributed by atoms with Crippen LogP contribution in [0.25, 0.3) is 16.7 Å².